The summed E-state index contributed by atoms with van der Waals surface area (Å²) in [5, 5.41) is 10.4. The summed E-state index contributed by atoms with van der Waals surface area (Å²) >= 11 is 3.19. The molecule has 5 nitrogen and oxygen atoms in total. The third-order valence-electron chi connectivity index (χ3n) is 4.57. The highest BCUT2D eigenvalue weighted by Crippen LogP contribution is 2.44. The van der Waals surface area contributed by atoms with Crippen LogP contribution in [0.4, 0.5) is 5.00 Å². The molecule has 0 radical (unpaired) electrons. The minimum absolute atomic E-state index is 0.0456. The largest absolute Gasteiger partial charge is 0.381 e. The summed E-state index contributed by atoms with van der Waals surface area (Å²) in [5.74, 6) is 0.515. The highest BCUT2D eigenvalue weighted by Gasteiger charge is 2.40. The third kappa shape index (κ3) is 3.69. The van der Waals surface area contributed by atoms with E-state index in [-0.39, 0.29) is 5.91 Å². The second-order valence-electron chi connectivity index (χ2n) is 6.44. The molecule has 0 spiro atoms. The fraction of sp³-hybridized carbons (Fsp3) is 0.529. The van der Waals surface area contributed by atoms with E-state index in [9.17, 15) is 4.79 Å². The molecule has 1 saturated carbocycles. The van der Waals surface area contributed by atoms with Crippen LogP contribution in [0.25, 0.3) is 0 Å². The Balaban J connectivity index is 1.32. The minimum Gasteiger partial charge on any atom is -0.381 e. The number of aryl methyl sites for hydroxylation is 1. The Morgan fingerprint density at radius 1 is 1.38 bits per heavy atom. The van der Waals surface area contributed by atoms with Gasteiger partial charge in [0, 0.05) is 41.5 Å². The summed E-state index contributed by atoms with van der Waals surface area (Å²) in [6, 6.07) is 3.20. The van der Waals surface area contributed by atoms with Crippen LogP contribution in [-0.4, -0.2) is 36.2 Å². The fourth-order valence-electron chi connectivity index (χ4n) is 3.13. The molecule has 1 amide bonds. The fourth-order valence-corrected chi connectivity index (χ4v) is 4.87. The van der Waals surface area contributed by atoms with Gasteiger partial charge in [-0.3, -0.25) is 4.79 Å². The van der Waals surface area contributed by atoms with E-state index in [1.165, 1.54) is 22.6 Å². The van der Waals surface area contributed by atoms with Gasteiger partial charge in [-0.05, 0) is 32.3 Å². The lowest BCUT2D eigenvalue weighted by Crippen LogP contribution is -2.36. The van der Waals surface area contributed by atoms with Crippen LogP contribution < -0.4 is 10.6 Å². The van der Waals surface area contributed by atoms with Crippen molar-refractivity contribution in [1.82, 2.24) is 10.3 Å². The van der Waals surface area contributed by atoms with E-state index in [0.717, 1.165) is 41.6 Å². The molecule has 2 aliphatic rings. The van der Waals surface area contributed by atoms with Crippen molar-refractivity contribution in [3.8, 4) is 0 Å². The molecule has 4 rings (SSSR count). The first-order valence-electron chi connectivity index (χ1n) is 8.35. The van der Waals surface area contributed by atoms with E-state index < -0.39 is 0 Å². The maximum absolute atomic E-state index is 12.3. The molecule has 7 heteroatoms. The Labute approximate surface area is 149 Å². The van der Waals surface area contributed by atoms with Gasteiger partial charge in [0.25, 0.3) is 5.91 Å². The van der Waals surface area contributed by atoms with Crippen LogP contribution in [0.1, 0.15) is 45.4 Å². The molecule has 1 saturated heterocycles. The summed E-state index contributed by atoms with van der Waals surface area (Å²) in [6.45, 7) is 3.67. The van der Waals surface area contributed by atoms with E-state index in [2.05, 4.69) is 15.6 Å². The quantitative estimate of drug-likeness (QED) is 0.855. The van der Waals surface area contributed by atoms with Crippen LogP contribution >= 0.6 is 22.7 Å². The Morgan fingerprint density at radius 2 is 2.21 bits per heavy atom. The number of thiazole rings is 1. The van der Waals surface area contributed by atoms with Crippen molar-refractivity contribution in [1.29, 1.82) is 0 Å². The maximum atomic E-state index is 12.3. The lowest BCUT2D eigenvalue weighted by atomic mass is 10.1. The summed E-state index contributed by atoms with van der Waals surface area (Å²) < 4.78 is 5.41. The molecule has 2 N–H and O–H groups in total. The van der Waals surface area contributed by atoms with Gasteiger partial charge in [0.05, 0.1) is 16.8 Å². The number of thiophene rings is 1. The lowest BCUT2D eigenvalue weighted by Gasteiger charge is -2.23. The Kier molecular flexibility index (Phi) is 4.67. The first-order chi connectivity index (χ1) is 11.7. The van der Waals surface area contributed by atoms with Gasteiger partial charge in [-0.25, -0.2) is 4.98 Å². The standard InChI is InChI=1S/C17H21N3O2S2/c1-10-18-8-16(24-10)20-17(21)11-6-15(23-9-11)13-7-14(13)19-12-2-4-22-5-3-12/h6,8-9,12-14,19H,2-5,7H2,1H3,(H,20,21). The smallest absolute Gasteiger partial charge is 0.257 e. The van der Waals surface area contributed by atoms with E-state index in [0.29, 0.717) is 18.0 Å². The second kappa shape index (κ2) is 6.92. The number of hydrogen-bond acceptors (Lipinski definition) is 6. The number of anilines is 1. The number of rotatable bonds is 5. The lowest BCUT2D eigenvalue weighted by molar-refractivity contribution is 0.0774. The zero-order valence-electron chi connectivity index (χ0n) is 13.6. The van der Waals surface area contributed by atoms with Crippen molar-refractivity contribution in [2.45, 2.75) is 44.2 Å². The van der Waals surface area contributed by atoms with Crippen LogP contribution in [0.5, 0.6) is 0 Å². The van der Waals surface area contributed by atoms with Gasteiger partial charge in [0.1, 0.15) is 5.00 Å². The molecule has 0 aromatic carbocycles. The molecule has 2 atom stereocenters. The zero-order chi connectivity index (χ0) is 16.5. The molecule has 2 aromatic heterocycles. The SMILES string of the molecule is Cc1ncc(NC(=O)c2csc(C3CC3NC3CCOCC3)c2)s1. The molecule has 3 heterocycles. The summed E-state index contributed by atoms with van der Waals surface area (Å²) in [7, 11) is 0. The van der Waals surface area contributed by atoms with Crippen molar-refractivity contribution in [2.24, 2.45) is 0 Å². The molecule has 128 valence electrons. The minimum atomic E-state index is -0.0456. The molecule has 2 fully saturated rings. The highest BCUT2D eigenvalue weighted by molar-refractivity contribution is 7.15. The van der Waals surface area contributed by atoms with E-state index >= 15 is 0 Å². The topological polar surface area (TPSA) is 63.2 Å². The van der Waals surface area contributed by atoms with Gasteiger partial charge in [-0.2, -0.15) is 0 Å². The highest BCUT2D eigenvalue weighted by atomic mass is 32.1. The molecular weight excluding hydrogens is 342 g/mol. The zero-order valence-corrected chi connectivity index (χ0v) is 15.2. The number of hydrogen-bond donors (Lipinski definition) is 2. The van der Waals surface area contributed by atoms with Gasteiger partial charge in [-0.15, -0.1) is 22.7 Å². The van der Waals surface area contributed by atoms with Crippen LogP contribution in [0.3, 0.4) is 0 Å². The number of nitrogens with zero attached hydrogens (tertiary/aromatic N) is 1. The monoisotopic (exact) mass is 363 g/mol. The Hall–Kier alpha value is -1.28. The third-order valence-corrected chi connectivity index (χ3v) is 6.46. The van der Waals surface area contributed by atoms with Gasteiger partial charge < -0.3 is 15.4 Å². The first kappa shape index (κ1) is 16.2. The van der Waals surface area contributed by atoms with Gasteiger partial charge >= 0.3 is 0 Å². The normalized spacial score (nSPS) is 24.0. The number of nitrogens with one attached hydrogen (secondary N) is 2. The van der Waals surface area contributed by atoms with Crippen molar-refractivity contribution in [2.75, 3.05) is 18.5 Å². The molecule has 0 bridgehead atoms. The average molecular weight is 364 g/mol. The average Bonchev–Trinajstić information content (AvgIpc) is 2.97. The predicted molar refractivity (Wildman–Crippen MR) is 97.2 cm³/mol. The van der Waals surface area contributed by atoms with Crippen molar-refractivity contribution in [3.05, 3.63) is 33.1 Å². The number of amides is 1. The molecule has 1 aliphatic carbocycles. The first-order valence-corrected chi connectivity index (χ1v) is 10.0. The Morgan fingerprint density at radius 3 is 2.96 bits per heavy atom. The van der Waals surface area contributed by atoms with E-state index in [4.69, 9.17) is 4.74 Å². The maximum Gasteiger partial charge on any atom is 0.257 e. The number of carbonyl (C=O) groups is 1. The van der Waals surface area contributed by atoms with Crippen molar-refractivity contribution >= 4 is 33.6 Å². The number of ether oxygens (including phenoxy) is 1. The number of aromatic nitrogens is 1. The second-order valence-corrected chi connectivity index (χ2v) is 8.61. The van der Waals surface area contributed by atoms with Gasteiger partial charge in [-0.1, -0.05) is 0 Å². The van der Waals surface area contributed by atoms with E-state index in [1.807, 2.05) is 18.4 Å². The van der Waals surface area contributed by atoms with Crippen LogP contribution in [0, 0.1) is 6.92 Å². The molecule has 1 aliphatic heterocycles. The Bertz CT molecular complexity index is 721. The van der Waals surface area contributed by atoms with Crippen molar-refractivity contribution in [3.63, 3.8) is 0 Å². The number of carbonyl (C=O) groups excluding carboxylic acids is 1. The van der Waals surface area contributed by atoms with Gasteiger partial charge in [0.2, 0.25) is 0 Å². The summed E-state index contributed by atoms with van der Waals surface area (Å²) in [4.78, 5) is 17.8. The van der Waals surface area contributed by atoms with Gasteiger partial charge in [0.15, 0.2) is 0 Å². The molecule has 24 heavy (non-hydrogen) atoms. The van der Waals surface area contributed by atoms with Crippen LogP contribution in [0.2, 0.25) is 0 Å². The predicted octanol–water partition coefficient (Wildman–Crippen LogP) is 3.39. The molecule has 2 unspecified atom stereocenters. The molecular formula is C17H21N3O2S2. The van der Waals surface area contributed by atoms with Crippen molar-refractivity contribution < 1.29 is 9.53 Å². The molecule has 2 aromatic rings. The van der Waals surface area contributed by atoms with E-state index in [1.54, 1.807) is 17.5 Å². The summed E-state index contributed by atoms with van der Waals surface area (Å²) in [6.07, 6.45) is 5.10. The summed E-state index contributed by atoms with van der Waals surface area (Å²) in [5.41, 5.74) is 0.748. The van der Waals surface area contributed by atoms with Crippen LogP contribution in [-0.2, 0) is 4.74 Å². The van der Waals surface area contributed by atoms with Crippen LogP contribution in [0.15, 0.2) is 17.6 Å².